The summed E-state index contributed by atoms with van der Waals surface area (Å²) in [5.41, 5.74) is 5.85. The lowest BCUT2D eigenvalue weighted by molar-refractivity contribution is 0.252. The van der Waals surface area contributed by atoms with Crippen LogP contribution in [0, 0.1) is 18.3 Å². The maximum atomic E-state index is 11.7. The van der Waals surface area contributed by atoms with E-state index < -0.39 is 6.03 Å². The molecule has 0 aromatic heterocycles. The van der Waals surface area contributed by atoms with Crippen molar-refractivity contribution in [1.82, 2.24) is 16.9 Å². The first-order chi connectivity index (χ1) is 15.0. The lowest BCUT2D eigenvalue weighted by Gasteiger charge is -2.16. The molecule has 0 radical (unpaired) electrons. The summed E-state index contributed by atoms with van der Waals surface area (Å²) in [6.07, 6.45) is 2.12. The summed E-state index contributed by atoms with van der Waals surface area (Å²) in [5.74, 6) is 6.78. The molecular weight excluding hydrogens is 408 g/mol. The van der Waals surface area contributed by atoms with Crippen molar-refractivity contribution in [2.45, 2.75) is 39.3 Å². The van der Waals surface area contributed by atoms with Crippen LogP contribution >= 0.6 is 0 Å². The van der Waals surface area contributed by atoms with Gasteiger partial charge in [-0.2, -0.15) is 0 Å². The third-order valence-electron chi connectivity index (χ3n) is 5.41. The Bertz CT molecular complexity index is 949. The minimum Gasteiger partial charge on any atom is -0.496 e. The normalized spacial score (nSPS) is 16.5. The first-order valence-corrected chi connectivity index (χ1v) is 10.5. The number of aryl methyl sites for hydroxylation is 1. The van der Waals surface area contributed by atoms with Gasteiger partial charge < -0.3 is 31.7 Å². The van der Waals surface area contributed by atoms with Gasteiger partial charge in [0.2, 0.25) is 0 Å². The Hall–Kier alpha value is -3.14. The fourth-order valence-electron chi connectivity index (χ4n) is 3.59. The molecule has 32 heavy (non-hydrogen) atoms. The van der Waals surface area contributed by atoms with Crippen LogP contribution in [0.1, 0.15) is 36.5 Å². The summed E-state index contributed by atoms with van der Waals surface area (Å²) in [4.78, 5) is 11.7. The number of hydrogen-bond donors (Lipinski definition) is 6. The van der Waals surface area contributed by atoms with Crippen molar-refractivity contribution in [1.29, 1.82) is 5.41 Å². The number of nitrogens with two attached hydrogens (primary N) is 1. The number of benzene rings is 2. The van der Waals surface area contributed by atoms with E-state index in [1.807, 2.05) is 30.5 Å². The Morgan fingerprint density at radius 3 is 2.69 bits per heavy atom. The molecule has 174 valence electrons. The summed E-state index contributed by atoms with van der Waals surface area (Å²) in [5, 5.41) is 14.7. The number of carbonyl (C=O) groups excluding carboxylic acids is 1. The number of ether oxygens (including phenoxy) is 2. The Balaban J connectivity index is 0.00000363. The molecule has 2 aromatic rings. The number of nitrogens with one attached hydrogen (secondary N) is 4. The minimum absolute atomic E-state index is 0. The molecule has 1 saturated carbocycles. The zero-order valence-electron chi connectivity index (χ0n) is 19.0. The lowest BCUT2D eigenvalue weighted by Crippen LogP contribution is -2.34. The zero-order chi connectivity index (χ0) is 22.4. The smallest absolute Gasteiger partial charge is 0.333 e. The van der Waals surface area contributed by atoms with Crippen LogP contribution in [0.15, 0.2) is 36.4 Å². The van der Waals surface area contributed by atoms with E-state index >= 15 is 0 Å². The van der Waals surface area contributed by atoms with Crippen LogP contribution in [-0.2, 0) is 6.61 Å². The molecule has 9 nitrogen and oxygen atoms in total. The maximum absolute atomic E-state index is 11.7. The Labute approximate surface area is 189 Å². The molecule has 1 fully saturated rings. The highest BCUT2D eigenvalue weighted by Gasteiger charge is 2.40. The summed E-state index contributed by atoms with van der Waals surface area (Å²) in [6, 6.07) is 11.1. The summed E-state index contributed by atoms with van der Waals surface area (Å²) >= 11 is 0. The maximum Gasteiger partial charge on any atom is 0.333 e. The second-order valence-electron chi connectivity index (χ2n) is 7.67. The SMILES string of the molecule is CCCNC1CC1C(=N)c1ccc(OCc2c(NC(=O)NN)cccc2OC)c(C)c1.N. The van der Waals surface area contributed by atoms with Gasteiger partial charge in [-0.1, -0.05) is 13.0 Å². The lowest BCUT2D eigenvalue weighted by atomic mass is 10.0. The molecule has 0 bridgehead atoms. The first-order valence-electron chi connectivity index (χ1n) is 10.5. The molecule has 1 aliphatic rings. The molecule has 0 aliphatic heterocycles. The standard InChI is InChI=1S/C23H31N5O3.H3N/c1-4-10-26-19-12-16(19)22(24)15-8-9-20(14(2)11-15)31-13-17-18(27-23(29)28-25)6-5-7-21(17)30-3;/h5-9,11,16,19,24,26H,4,10,12-13,25H2,1-3H3,(H2,27,28,29);1H3. The largest absolute Gasteiger partial charge is 0.496 e. The number of urea groups is 1. The van der Waals surface area contributed by atoms with Gasteiger partial charge in [0.1, 0.15) is 18.1 Å². The fraction of sp³-hybridized carbons (Fsp3) is 0.391. The average Bonchev–Trinajstić information content (AvgIpc) is 3.56. The van der Waals surface area contributed by atoms with Gasteiger partial charge >= 0.3 is 6.03 Å². The second kappa shape index (κ2) is 11.5. The van der Waals surface area contributed by atoms with E-state index in [4.69, 9.17) is 20.7 Å². The van der Waals surface area contributed by atoms with Crippen molar-refractivity contribution in [2.24, 2.45) is 11.8 Å². The van der Waals surface area contributed by atoms with Gasteiger partial charge in [0.05, 0.1) is 18.4 Å². The van der Waals surface area contributed by atoms with E-state index in [9.17, 15) is 4.79 Å². The van der Waals surface area contributed by atoms with Crippen LogP contribution < -0.4 is 37.5 Å². The van der Waals surface area contributed by atoms with Gasteiger partial charge in [-0.05, 0) is 67.8 Å². The van der Waals surface area contributed by atoms with E-state index in [0.717, 1.165) is 30.5 Å². The molecule has 9 heteroatoms. The van der Waals surface area contributed by atoms with Crippen molar-refractivity contribution in [3.8, 4) is 11.5 Å². The third-order valence-corrected chi connectivity index (χ3v) is 5.41. The number of carbonyl (C=O) groups is 1. The third kappa shape index (κ3) is 5.97. The quantitative estimate of drug-likeness (QED) is 0.143. The van der Waals surface area contributed by atoms with Crippen LogP contribution in [0.2, 0.25) is 0 Å². The average molecular weight is 443 g/mol. The first kappa shape index (κ1) is 25.1. The van der Waals surface area contributed by atoms with Gasteiger partial charge in [-0.3, -0.25) is 5.43 Å². The highest BCUT2D eigenvalue weighted by Crippen LogP contribution is 2.35. The molecule has 2 unspecified atom stereocenters. The van der Waals surface area contributed by atoms with E-state index in [1.54, 1.807) is 25.3 Å². The molecular formula is C23H34N6O3. The highest BCUT2D eigenvalue weighted by molar-refractivity contribution is 6.02. The molecule has 2 amide bonds. The van der Waals surface area contributed by atoms with Crippen LogP contribution in [0.25, 0.3) is 0 Å². The van der Waals surface area contributed by atoms with Crippen LogP contribution in [0.5, 0.6) is 11.5 Å². The zero-order valence-corrected chi connectivity index (χ0v) is 19.0. The van der Waals surface area contributed by atoms with Crippen LogP contribution in [-0.4, -0.2) is 31.4 Å². The molecule has 1 aliphatic carbocycles. The van der Waals surface area contributed by atoms with Gasteiger partial charge in [-0.25, -0.2) is 10.6 Å². The molecule has 2 atom stereocenters. The van der Waals surface area contributed by atoms with Gasteiger partial charge in [-0.15, -0.1) is 0 Å². The van der Waals surface area contributed by atoms with Crippen molar-refractivity contribution >= 4 is 17.4 Å². The Kier molecular flexibility index (Phi) is 9.01. The van der Waals surface area contributed by atoms with Crippen molar-refractivity contribution in [3.63, 3.8) is 0 Å². The van der Waals surface area contributed by atoms with Gasteiger partial charge in [0.25, 0.3) is 0 Å². The van der Waals surface area contributed by atoms with E-state index in [1.165, 1.54) is 0 Å². The molecule has 3 rings (SSSR count). The molecule has 0 saturated heterocycles. The topological polar surface area (TPSA) is 156 Å². The summed E-state index contributed by atoms with van der Waals surface area (Å²) in [7, 11) is 1.57. The van der Waals surface area contributed by atoms with Gasteiger partial charge in [0.15, 0.2) is 0 Å². The number of hydrogen-bond acceptors (Lipinski definition) is 7. The molecule has 0 heterocycles. The van der Waals surface area contributed by atoms with Crippen LogP contribution in [0.4, 0.5) is 10.5 Å². The van der Waals surface area contributed by atoms with E-state index in [2.05, 4.69) is 17.6 Å². The van der Waals surface area contributed by atoms with Crippen molar-refractivity contribution < 1.29 is 14.3 Å². The fourth-order valence-corrected chi connectivity index (χ4v) is 3.59. The number of amides is 2. The number of anilines is 1. The number of rotatable bonds is 10. The van der Waals surface area contributed by atoms with E-state index in [-0.39, 0.29) is 18.7 Å². The van der Waals surface area contributed by atoms with Gasteiger partial charge in [0, 0.05) is 17.7 Å². The number of hydrazine groups is 1. The predicted molar refractivity (Wildman–Crippen MR) is 127 cm³/mol. The monoisotopic (exact) mass is 442 g/mol. The highest BCUT2D eigenvalue weighted by atomic mass is 16.5. The minimum atomic E-state index is -0.527. The van der Waals surface area contributed by atoms with Crippen LogP contribution in [0.3, 0.4) is 0 Å². The molecule has 0 spiro atoms. The Morgan fingerprint density at radius 2 is 2.03 bits per heavy atom. The summed E-state index contributed by atoms with van der Waals surface area (Å²) < 4.78 is 11.5. The van der Waals surface area contributed by atoms with Crippen molar-refractivity contribution in [2.75, 3.05) is 19.0 Å². The number of methoxy groups -OCH3 is 1. The summed E-state index contributed by atoms with van der Waals surface area (Å²) in [6.45, 7) is 5.31. The molecule has 2 aromatic carbocycles. The molecule has 9 N–H and O–H groups in total. The Morgan fingerprint density at radius 1 is 1.25 bits per heavy atom. The second-order valence-corrected chi connectivity index (χ2v) is 7.67. The predicted octanol–water partition coefficient (Wildman–Crippen LogP) is 3.50. The van der Waals surface area contributed by atoms with E-state index in [0.29, 0.717) is 34.5 Å². The van der Waals surface area contributed by atoms with Crippen molar-refractivity contribution in [3.05, 3.63) is 53.1 Å².